The quantitative estimate of drug-likeness (QED) is 0.376. The summed E-state index contributed by atoms with van der Waals surface area (Å²) in [5.74, 6) is -1.31. The van der Waals surface area contributed by atoms with Gasteiger partial charge in [0.1, 0.15) is 5.82 Å². The van der Waals surface area contributed by atoms with E-state index in [1.807, 2.05) is 36.4 Å². The number of piperazine rings is 1. The molecular formula is C30H35FN4O3. The monoisotopic (exact) mass is 518 g/mol. The van der Waals surface area contributed by atoms with Gasteiger partial charge in [-0.25, -0.2) is 4.39 Å². The maximum absolute atomic E-state index is 14.0. The third-order valence-corrected chi connectivity index (χ3v) is 8.23. The molecule has 38 heavy (non-hydrogen) atoms. The molecule has 200 valence electrons. The first-order chi connectivity index (χ1) is 18.2. The Balaban J connectivity index is 1.40. The lowest BCUT2D eigenvalue weighted by Gasteiger charge is -2.44. The summed E-state index contributed by atoms with van der Waals surface area (Å²) in [7, 11) is 1.91. The first kappa shape index (κ1) is 26.1. The largest absolute Gasteiger partial charge is 0.347 e. The van der Waals surface area contributed by atoms with E-state index in [1.165, 1.54) is 12.1 Å². The highest BCUT2D eigenvalue weighted by molar-refractivity contribution is 6.43. The standard InChI is InChI=1S/C30H35FN4O3/c1-19-17-35(20(2)16-34(19)18-22-7-10-24(31)11-8-22)29(37)27-21(3)32(4)26-12-9-23(15-25(26)27)28(36)30(38)33-13-5-6-14-33/h7-12,15,19-20H,5-6,13-14,16-18H2,1-4H3. The van der Waals surface area contributed by atoms with E-state index in [0.717, 1.165) is 29.6 Å². The van der Waals surface area contributed by atoms with Gasteiger partial charge in [-0.05, 0) is 69.5 Å². The molecule has 2 fully saturated rings. The summed E-state index contributed by atoms with van der Waals surface area (Å²) < 4.78 is 15.3. The summed E-state index contributed by atoms with van der Waals surface area (Å²) in [6.45, 7) is 9.25. The van der Waals surface area contributed by atoms with Crippen LogP contribution in [-0.2, 0) is 18.4 Å². The zero-order valence-corrected chi connectivity index (χ0v) is 22.5. The van der Waals surface area contributed by atoms with E-state index in [0.29, 0.717) is 49.2 Å². The van der Waals surface area contributed by atoms with Crippen molar-refractivity contribution in [1.82, 2.24) is 19.3 Å². The number of aryl methyl sites for hydroxylation is 1. The van der Waals surface area contributed by atoms with Crippen LogP contribution in [0.15, 0.2) is 42.5 Å². The number of benzene rings is 2. The Labute approximate surface area is 222 Å². The number of carbonyl (C=O) groups excluding carboxylic acids is 3. The molecule has 5 rings (SSSR count). The molecule has 0 aliphatic carbocycles. The lowest BCUT2D eigenvalue weighted by Crippen LogP contribution is -2.57. The minimum absolute atomic E-state index is 0.0321. The van der Waals surface area contributed by atoms with E-state index in [1.54, 1.807) is 29.2 Å². The number of likely N-dealkylation sites (tertiary alicyclic amines) is 1. The second kappa shape index (κ2) is 10.3. The maximum atomic E-state index is 14.0. The summed E-state index contributed by atoms with van der Waals surface area (Å²) in [6.07, 6.45) is 1.84. The maximum Gasteiger partial charge on any atom is 0.294 e. The first-order valence-electron chi connectivity index (χ1n) is 13.4. The van der Waals surface area contributed by atoms with Crippen LogP contribution in [0.4, 0.5) is 4.39 Å². The number of Topliss-reactive ketones (excluding diaryl/α,β-unsaturated/α-hetero) is 1. The number of ketones is 1. The number of nitrogens with zero attached hydrogens (tertiary/aromatic N) is 4. The highest BCUT2D eigenvalue weighted by Crippen LogP contribution is 2.30. The molecule has 0 saturated carbocycles. The Hall–Kier alpha value is -3.52. The average Bonchev–Trinajstić information content (AvgIpc) is 3.53. The summed E-state index contributed by atoms with van der Waals surface area (Å²) in [5.41, 5.74) is 3.62. The predicted molar refractivity (Wildman–Crippen MR) is 145 cm³/mol. The highest BCUT2D eigenvalue weighted by Gasteiger charge is 2.35. The van der Waals surface area contributed by atoms with E-state index in [2.05, 4.69) is 11.8 Å². The summed E-state index contributed by atoms with van der Waals surface area (Å²) in [5, 5.41) is 0.698. The second-order valence-corrected chi connectivity index (χ2v) is 10.8. The van der Waals surface area contributed by atoms with Crippen LogP contribution in [0.25, 0.3) is 10.9 Å². The van der Waals surface area contributed by atoms with Crippen molar-refractivity contribution in [2.24, 2.45) is 7.05 Å². The Morgan fingerprint density at radius 3 is 2.32 bits per heavy atom. The number of carbonyl (C=O) groups is 3. The SMILES string of the molecule is Cc1c(C(=O)N2CC(C)N(Cc3ccc(F)cc3)CC2C)c2cc(C(=O)C(=O)N3CCCC3)ccc2n1C. The third kappa shape index (κ3) is 4.73. The summed E-state index contributed by atoms with van der Waals surface area (Å²) in [6, 6.07) is 11.9. The summed E-state index contributed by atoms with van der Waals surface area (Å²) in [4.78, 5) is 45.6. The fourth-order valence-electron chi connectivity index (χ4n) is 5.84. The number of hydrogen-bond acceptors (Lipinski definition) is 4. The van der Waals surface area contributed by atoms with Crippen LogP contribution in [-0.4, -0.2) is 75.1 Å². The number of aromatic nitrogens is 1. The van der Waals surface area contributed by atoms with Crippen LogP contribution in [0.1, 0.15) is 58.7 Å². The van der Waals surface area contributed by atoms with Crippen molar-refractivity contribution >= 4 is 28.5 Å². The van der Waals surface area contributed by atoms with Crippen LogP contribution >= 0.6 is 0 Å². The van der Waals surface area contributed by atoms with Crippen molar-refractivity contribution in [1.29, 1.82) is 0 Å². The molecule has 3 aromatic rings. The zero-order valence-electron chi connectivity index (χ0n) is 22.5. The lowest BCUT2D eigenvalue weighted by molar-refractivity contribution is -0.125. The minimum atomic E-state index is -0.523. The van der Waals surface area contributed by atoms with E-state index in [9.17, 15) is 18.8 Å². The molecule has 1 aromatic heterocycles. The topological polar surface area (TPSA) is 65.9 Å². The molecule has 2 saturated heterocycles. The highest BCUT2D eigenvalue weighted by atomic mass is 19.1. The number of hydrogen-bond donors (Lipinski definition) is 0. The molecule has 8 heteroatoms. The number of fused-ring (bicyclic) bond motifs is 1. The normalized spacial score (nSPS) is 20.3. The Kier molecular flexibility index (Phi) is 7.09. The number of amides is 2. The van der Waals surface area contributed by atoms with Gasteiger partial charge in [0, 0.05) is 74.0 Å². The average molecular weight is 519 g/mol. The molecule has 2 aliphatic heterocycles. The van der Waals surface area contributed by atoms with Crippen molar-refractivity contribution in [3.8, 4) is 0 Å². The van der Waals surface area contributed by atoms with Crippen LogP contribution in [0.2, 0.25) is 0 Å². The summed E-state index contributed by atoms with van der Waals surface area (Å²) >= 11 is 0. The van der Waals surface area contributed by atoms with Crippen molar-refractivity contribution in [2.75, 3.05) is 26.2 Å². The van der Waals surface area contributed by atoms with Crippen molar-refractivity contribution < 1.29 is 18.8 Å². The molecule has 3 heterocycles. The van der Waals surface area contributed by atoms with Gasteiger partial charge in [0.05, 0.1) is 5.56 Å². The first-order valence-corrected chi connectivity index (χ1v) is 13.4. The smallest absolute Gasteiger partial charge is 0.294 e. The third-order valence-electron chi connectivity index (χ3n) is 8.23. The molecule has 2 unspecified atom stereocenters. The molecule has 2 aliphatic rings. The van der Waals surface area contributed by atoms with Gasteiger partial charge < -0.3 is 14.4 Å². The molecule has 7 nitrogen and oxygen atoms in total. The number of halogens is 1. The Bertz CT molecular complexity index is 1390. The van der Waals surface area contributed by atoms with Crippen LogP contribution in [0, 0.1) is 12.7 Å². The van der Waals surface area contributed by atoms with E-state index in [4.69, 9.17) is 0 Å². The Morgan fingerprint density at radius 2 is 1.63 bits per heavy atom. The molecule has 2 atom stereocenters. The minimum Gasteiger partial charge on any atom is -0.347 e. The van der Waals surface area contributed by atoms with Crippen molar-refractivity contribution in [3.05, 3.63) is 70.7 Å². The molecule has 2 aromatic carbocycles. The van der Waals surface area contributed by atoms with Gasteiger partial charge in [-0.2, -0.15) is 0 Å². The van der Waals surface area contributed by atoms with Crippen molar-refractivity contribution in [2.45, 2.75) is 52.2 Å². The van der Waals surface area contributed by atoms with Gasteiger partial charge in [-0.3, -0.25) is 19.3 Å². The van der Waals surface area contributed by atoms with Gasteiger partial charge in [0.2, 0.25) is 5.78 Å². The van der Waals surface area contributed by atoms with Crippen LogP contribution in [0.3, 0.4) is 0 Å². The molecule has 0 spiro atoms. The van der Waals surface area contributed by atoms with Gasteiger partial charge >= 0.3 is 0 Å². The second-order valence-electron chi connectivity index (χ2n) is 10.8. The molecule has 0 N–H and O–H groups in total. The van der Waals surface area contributed by atoms with E-state index >= 15 is 0 Å². The van der Waals surface area contributed by atoms with Crippen LogP contribution < -0.4 is 0 Å². The number of rotatable bonds is 5. The lowest BCUT2D eigenvalue weighted by atomic mass is 10.0. The van der Waals surface area contributed by atoms with Crippen molar-refractivity contribution in [3.63, 3.8) is 0 Å². The van der Waals surface area contributed by atoms with E-state index < -0.39 is 11.7 Å². The van der Waals surface area contributed by atoms with Gasteiger partial charge in [0.25, 0.3) is 11.8 Å². The Morgan fingerprint density at radius 1 is 0.947 bits per heavy atom. The molecule has 2 amide bonds. The van der Waals surface area contributed by atoms with Gasteiger partial charge in [0.15, 0.2) is 0 Å². The van der Waals surface area contributed by atoms with E-state index in [-0.39, 0.29) is 23.8 Å². The van der Waals surface area contributed by atoms with Crippen LogP contribution in [0.5, 0.6) is 0 Å². The zero-order chi connectivity index (χ0) is 27.1. The van der Waals surface area contributed by atoms with Gasteiger partial charge in [-0.1, -0.05) is 12.1 Å². The fourth-order valence-corrected chi connectivity index (χ4v) is 5.84. The fraction of sp³-hybridized carbons (Fsp3) is 0.433. The molecule has 0 radical (unpaired) electrons. The molecular weight excluding hydrogens is 483 g/mol. The van der Waals surface area contributed by atoms with Gasteiger partial charge in [-0.15, -0.1) is 0 Å². The molecule has 0 bridgehead atoms. The predicted octanol–water partition coefficient (Wildman–Crippen LogP) is 4.17.